The van der Waals surface area contributed by atoms with Gasteiger partial charge >= 0.3 is 11.9 Å². The van der Waals surface area contributed by atoms with Crippen molar-refractivity contribution in [1.82, 2.24) is 0 Å². The number of ether oxygens (including phenoxy) is 2. The molecule has 1 aliphatic rings. The van der Waals surface area contributed by atoms with E-state index in [-0.39, 0.29) is 23.0 Å². The molecule has 8 heteroatoms. The molecular formula is C18H12N2O6. The second-order valence-electron chi connectivity index (χ2n) is 5.27. The summed E-state index contributed by atoms with van der Waals surface area (Å²) in [5.41, 5.74) is 0.632. The fraction of sp³-hybridized carbons (Fsp3) is 0.0556. The smallest absolute Gasteiger partial charge is 0.363 e. The fourth-order valence-electron chi connectivity index (χ4n) is 2.28. The lowest BCUT2D eigenvalue weighted by Gasteiger charge is -2.04. The Labute approximate surface area is 147 Å². The van der Waals surface area contributed by atoms with Crippen LogP contribution in [0.15, 0.2) is 59.2 Å². The van der Waals surface area contributed by atoms with E-state index >= 15 is 0 Å². The molecule has 0 aliphatic carbocycles. The van der Waals surface area contributed by atoms with Gasteiger partial charge in [-0.05, 0) is 18.2 Å². The first-order valence-electron chi connectivity index (χ1n) is 7.49. The first-order valence-corrected chi connectivity index (χ1v) is 7.49. The predicted octanol–water partition coefficient (Wildman–Crippen LogP) is 2.86. The number of carbonyl (C=O) groups excluding carboxylic acids is 2. The van der Waals surface area contributed by atoms with E-state index in [0.717, 1.165) is 0 Å². The lowest BCUT2D eigenvalue weighted by atomic mass is 10.1. The zero-order valence-corrected chi connectivity index (χ0v) is 13.5. The van der Waals surface area contributed by atoms with Gasteiger partial charge in [0.25, 0.3) is 5.69 Å². The molecule has 0 atom stereocenters. The first-order chi connectivity index (χ1) is 12.4. The molecule has 0 spiro atoms. The van der Waals surface area contributed by atoms with Crippen LogP contribution in [-0.4, -0.2) is 22.8 Å². The molecule has 0 saturated heterocycles. The highest BCUT2D eigenvalue weighted by molar-refractivity contribution is 6.13. The minimum absolute atomic E-state index is 0.00823. The van der Waals surface area contributed by atoms with Gasteiger partial charge in [0.1, 0.15) is 5.75 Å². The average Bonchev–Trinajstić information content (AvgIpc) is 2.97. The first kappa shape index (κ1) is 17.0. The number of aliphatic imine (C=N–C) groups is 1. The molecule has 2 aromatic rings. The molecule has 1 heterocycles. The zero-order chi connectivity index (χ0) is 18.7. The molecule has 2 aromatic carbocycles. The van der Waals surface area contributed by atoms with Crippen molar-refractivity contribution in [3.8, 4) is 5.75 Å². The summed E-state index contributed by atoms with van der Waals surface area (Å²) in [5.74, 6) is -0.955. The van der Waals surface area contributed by atoms with Crippen LogP contribution in [0.25, 0.3) is 6.08 Å². The summed E-state index contributed by atoms with van der Waals surface area (Å²) >= 11 is 0. The lowest BCUT2D eigenvalue weighted by Crippen LogP contribution is -2.06. The van der Waals surface area contributed by atoms with Crippen molar-refractivity contribution in [2.45, 2.75) is 6.92 Å². The number of carbonyl (C=O) groups is 2. The minimum Gasteiger partial charge on any atom is -0.426 e. The van der Waals surface area contributed by atoms with Crippen LogP contribution in [0.5, 0.6) is 5.75 Å². The number of para-hydroxylation sites is 1. The van der Waals surface area contributed by atoms with Crippen LogP contribution in [0.2, 0.25) is 0 Å². The van der Waals surface area contributed by atoms with Crippen molar-refractivity contribution in [3.63, 3.8) is 0 Å². The van der Waals surface area contributed by atoms with Crippen molar-refractivity contribution in [2.24, 2.45) is 4.99 Å². The predicted molar refractivity (Wildman–Crippen MR) is 91.5 cm³/mol. The van der Waals surface area contributed by atoms with Crippen LogP contribution in [0.3, 0.4) is 0 Å². The van der Waals surface area contributed by atoms with Crippen molar-refractivity contribution >= 4 is 29.6 Å². The normalized spacial score (nSPS) is 14.7. The molecule has 0 fully saturated rings. The largest absolute Gasteiger partial charge is 0.426 e. The number of rotatable bonds is 4. The molecule has 0 N–H and O–H groups in total. The summed E-state index contributed by atoms with van der Waals surface area (Å²) in [6, 6.07) is 12.2. The van der Waals surface area contributed by atoms with Crippen LogP contribution in [0.1, 0.15) is 18.1 Å². The number of nitro groups is 1. The van der Waals surface area contributed by atoms with Crippen LogP contribution in [0, 0.1) is 10.1 Å². The van der Waals surface area contributed by atoms with Gasteiger partial charge in [-0.3, -0.25) is 14.9 Å². The molecule has 0 amide bonds. The summed E-state index contributed by atoms with van der Waals surface area (Å²) in [6.45, 7) is 1.27. The van der Waals surface area contributed by atoms with Gasteiger partial charge in [-0.15, -0.1) is 0 Å². The maximum atomic E-state index is 12.1. The number of nitro benzene ring substituents is 1. The Morgan fingerprint density at radius 3 is 2.73 bits per heavy atom. The van der Waals surface area contributed by atoms with E-state index in [0.29, 0.717) is 11.1 Å². The summed E-state index contributed by atoms with van der Waals surface area (Å²) < 4.78 is 10.2. The maximum Gasteiger partial charge on any atom is 0.363 e. The maximum absolute atomic E-state index is 12.1. The Morgan fingerprint density at radius 2 is 2.00 bits per heavy atom. The topological polar surface area (TPSA) is 108 Å². The standard InChI is InChI=1S/C18H12N2O6/c1-11(21)25-16-8-3-2-5-12(16)10-15-18(22)26-17(19-15)13-6-4-7-14(9-13)20(23)24/h2-10H,1H3. The van der Waals surface area contributed by atoms with Crippen molar-refractivity contribution in [2.75, 3.05) is 0 Å². The van der Waals surface area contributed by atoms with Crippen molar-refractivity contribution in [1.29, 1.82) is 0 Å². The Bertz CT molecular complexity index is 977. The Kier molecular flexibility index (Phi) is 4.57. The van der Waals surface area contributed by atoms with E-state index in [1.807, 2.05) is 0 Å². The molecule has 0 aromatic heterocycles. The highest BCUT2D eigenvalue weighted by Gasteiger charge is 2.25. The van der Waals surface area contributed by atoms with Crippen LogP contribution in [0.4, 0.5) is 5.69 Å². The summed E-state index contributed by atoms with van der Waals surface area (Å²) in [4.78, 5) is 37.7. The Morgan fingerprint density at radius 1 is 1.23 bits per heavy atom. The lowest BCUT2D eigenvalue weighted by molar-refractivity contribution is -0.384. The molecule has 130 valence electrons. The van der Waals surface area contributed by atoms with Gasteiger partial charge in [0, 0.05) is 30.2 Å². The number of esters is 2. The van der Waals surface area contributed by atoms with Gasteiger partial charge < -0.3 is 9.47 Å². The third kappa shape index (κ3) is 3.64. The number of hydrogen-bond acceptors (Lipinski definition) is 7. The van der Waals surface area contributed by atoms with E-state index in [1.54, 1.807) is 30.3 Å². The number of non-ortho nitro benzene ring substituents is 1. The SMILES string of the molecule is CC(=O)Oc1ccccc1C=C1N=C(c2cccc([N+](=O)[O-])c2)OC1=O. The van der Waals surface area contributed by atoms with Crippen LogP contribution >= 0.6 is 0 Å². The quantitative estimate of drug-likeness (QED) is 0.275. The van der Waals surface area contributed by atoms with Crippen LogP contribution in [-0.2, 0) is 14.3 Å². The van der Waals surface area contributed by atoms with E-state index in [1.165, 1.54) is 31.2 Å². The highest BCUT2D eigenvalue weighted by atomic mass is 16.6. The second-order valence-corrected chi connectivity index (χ2v) is 5.27. The van der Waals surface area contributed by atoms with Crippen molar-refractivity contribution < 1.29 is 24.0 Å². The second kappa shape index (κ2) is 6.98. The monoisotopic (exact) mass is 352 g/mol. The third-order valence-electron chi connectivity index (χ3n) is 3.39. The molecule has 26 heavy (non-hydrogen) atoms. The number of cyclic esters (lactones) is 1. The average molecular weight is 352 g/mol. The van der Waals surface area contributed by atoms with Gasteiger partial charge in [0.05, 0.1) is 4.92 Å². The fourth-order valence-corrected chi connectivity index (χ4v) is 2.28. The van der Waals surface area contributed by atoms with Crippen molar-refractivity contribution in [3.05, 3.63) is 75.5 Å². The van der Waals surface area contributed by atoms with Gasteiger partial charge in [0.15, 0.2) is 5.70 Å². The number of benzene rings is 2. The van der Waals surface area contributed by atoms with Gasteiger partial charge in [-0.1, -0.05) is 24.3 Å². The third-order valence-corrected chi connectivity index (χ3v) is 3.39. The molecular weight excluding hydrogens is 340 g/mol. The Hall–Kier alpha value is -3.81. The van der Waals surface area contributed by atoms with Gasteiger partial charge in [0.2, 0.25) is 5.90 Å². The summed E-state index contributed by atoms with van der Waals surface area (Å²) in [5, 5.41) is 10.9. The van der Waals surface area contributed by atoms with E-state index in [4.69, 9.17) is 9.47 Å². The Balaban J connectivity index is 1.96. The van der Waals surface area contributed by atoms with Gasteiger partial charge in [-0.2, -0.15) is 0 Å². The summed E-state index contributed by atoms with van der Waals surface area (Å²) in [7, 11) is 0. The molecule has 0 unspecified atom stereocenters. The minimum atomic E-state index is -0.705. The number of nitrogens with zero attached hydrogens (tertiary/aromatic N) is 2. The molecule has 0 saturated carbocycles. The molecule has 0 radical (unpaired) electrons. The van der Waals surface area contributed by atoms with E-state index in [2.05, 4.69) is 4.99 Å². The molecule has 0 bridgehead atoms. The zero-order valence-electron chi connectivity index (χ0n) is 13.5. The summed E-state index contributed by atoms with van der Waals surface area (Å²) in [6.07, 6.45) is 1.42. The van der Waals surface area contributed by atoms with E-state index in [9.17, 15) is 19.7 Å². The van der Waals surface area contributed by atoms with E-state index < -0.39 is 16.9 Å². The van der Waals surface area contributed by atoms with Gasteiger partial charge in [-0.25, -0.2) is 9.79 Å². The molecule has 3 rings (SSSR count). The van der Waals surface area contributed by atoms with Crippen LogP contribution < -0.4 is 4.74 Å². The highest BCUT2D eigenvalue weighted by Crippen LogP contribution is 2.25. The molecule has 8 nitrogen and oxygen atoms in total. The molecule has 1 aliphatic heterocycles. The number of hydrogen-bond donors (Lipinski definition) is 0.